The Labute approximate surface area is 339 Å². The number of ether oxygens (including phenoxy) is 2. The zero-order valence-electron chi connectivity index (χ0n) is 34.3. The van der Waals surface area contributed by atoms with Crippen molar-refractivity contribution in [1.82, 2.24) is 30.2 Å². The van der Waals surface area contributed by atoms with E-state index in [4.69, 9.17) is 9.47 Å². The van der Waals surface area contributed by atoms with Crippen LogP contribution in [0, 0.1) is 22.7 Å². The van der Waals surface area contributed by atoms with Crippen LogP contribution < -0.4 is 10.7 Å². The Kier molecular flexibility index (Phi) is 12.5. The molecule has 14 nitrogen and oxygen atoms in total. The van der Waals surface area contributed by atoms with Crippen LogP contribution >= 0.6 is 0 Å². The van der Waals surface area contributed by atoms with Crippen LogP contribution in [0.4, 0.5) is 0 Å². The standard InChI is InChI=1S/C44H53N7O7/c1-8-50-38-12-11-29-19-32(38)34(40(50)33-16-28(21-45)22-46-37(33)23-57-7)20-44(4,5)24-58-43(56)35-10-9-13-51(48-35)42(55)36(17-27-14-30(29)18-31(53)15-27)47-41(54)39(26(2)3)49(6)25-52/h11-12,14-16,18-19,22,25-26,35-36,39,48,53H,8-10,13,17,20,23-24H2,1-7H3,(H,47,54)/t35-,36-,39?/m0/s1. The van der Waals surface area contributed by atoms with Crippen LogP contribution in [0.1, 0.15) is 69.8 Å². The number of methoxy groups -OCH3 is 1. The van der Waals surface area contributed by atoms with Gasteiger partial charge < -0.3 is 29.4 Å². The van der Waals surface area contributed by atoms with Gasteiger partial charge in [0.2, 0.25) is 12.3 Å². The minimum absolute atomic E-state index is 0.0113. The Morgan fingerprint density at radius 3 is 2.67 bits per heavy atom. The second kappa shape index (κ2) is 17.4. The summed E-state index contributed by atoms with van der Waals surface area (Å²) in [6, 6.07) is 12.5. The molecule has 2 aromatic heterocycles. The lowest BCUT2D eigenvalue weighted by Gasteiger charge is -2.36. The van der Waals surface area contributed by atoms with E-state index in [1.54, 1.807) is 25.4 Å². The smallest absolute Gasteiger partial charge is 0.324 e. The van der Waals surface area contributed by atoms with Crippen molar-refractivity contribution in [3.05, 3.63) is 71.0 Å². The summed E-state index contributed by atoms with van der Waals surface area (Å²) in [6.07, 6.45) is 3.58. The molecule has 6 bridgehead atoms. The van der Waals surface area contributed by atoms with Crippen LogP contribution in [0.15, 0.2) is 48.7 Å². The van der Waals surface area contributed by atoms with Gasteiger partial charge in [-0.25, -0.2) is 5.43 Å². The van der Waals surface area contributed by atoms with E-state index in [0.29, 0.717) is 61.1 Å². The van der Waals surface area contributed by atoms with Gasteiger partial charge in [-0.1, -0.05) is 39.8 Å². The molecule has 4 aromatic rings. The van der Waals surface area contributed by atoms with Crippen LogP contribution in [0.2, 0.25) is 0 Å². The molecule has 6 rings (SSSR count). The first kappa shape index (κ1) is 41.8. The molecule has 0 radical (unpaired) electrons. The number of benzene rings is 2. The fourth-order valence-electron chi connectivity index (χ4n) is 8.30. The highest BCUT2D eigenvalue weighted by Gasteiger charge is 2.37. The molecule has 1 unspecified atom stereocenters. The predicted octanol–water partition coefficient (Wildman–Crippen LogP) is 4.88. The van der Waals surface area contributed by atoms with Gasteiger partial charge in [0.15, 0.2) is 0 Å². The first-order valence-corrected chi connectivity index (χ1v) is 19.8. The van der Waals surface area contributed by atoms with Gasteiger partial charge in [0.25, 0.3) is 5.91 Å². The van der Waals surface area contributed by atoms with E-state index in [1.807, 2.05) is 52.0 Å². The Morgan fingerprint density at radius 2 is 1.98 bits per heavy atom. The number of aromatic nitrogens is 2. The molecule has 0 saturated carbocycles. The van der Waals surface area contributed by atoms with Crippen molar-refractivity contribution in [2.45, 2.75) is 91.6 Å². The number of nitriles is 1. The number of fused-ring (bicyclic) bond motifs is 6. The van der Waals surface area contributed by atoms with Crippen LogP contribution in [0.3, 0.4) is 0 Å². The SMILES string of the molecule is CCn1c(-c2cc(C#N)cnc2COC)c2c3cc(ccc31)-c1cc(O)cc(c1)C[C@H](NC(=O)C(C(C)C)N(C)C=O)C(=O)N1CCC[C@H](N1)C(=O)OCC(C)(C)C2. The van der Waals surface area contributed by atoms with Gasteiger partial charge in [-0.05, 0) is 84.7 Å². The Bertz CT molecular complexity index is 2260. The van der Waals surface area contributed by atoms with E-state index in [1.165, 1.54) is 17.0 Å². The maximum atomic E-state index is 14.4. The predicted molar refractivity (Wildman–Crippen MR) is 218 cm³/mol. The summed E-state index contributed by atoms with van der Waals surface area (Å²) in [5.41, 5.74) is 9.26. The number of hydrogen-bond acceptors (Lipinski definition) is 10. The van der Waals surface area contributed by atoms with E-state index >= 15 is 0 Å². The molecular formula is C44H53N7O7. The molecule has 306 valence electrons. The maximum Gasteiger partial charge on any atom is 0.324 e. The Morgan fingerprint density at radius 1 is 1.21 bits per heavy atom. The molecule has 0 aliphatic carbocycles. The van der Waals surface area contributed by atoms with Gasteiger partial charge in [-0.3, -0.25) is 29.2 Å². The highest BCUT2D eigenvalue weighted by molar-refractivity contribution is 5.96. The number of hydrogen-bond donors (Lipinski definition) is 3. The van der Waals surface area contributed by atoms with Gasteiger partial charge in [-0.15, -0.1) is 0 Å². The van der Waals surface area contributed by atoms with Crippen molar-refractivity contribution in [1.29, 1.82) is 5.26 Å². The number of carbonyl (C=O) groups excluding carboxylic acids is 4. The minimum Gasteiger partial charge on any atom is -0.508 e. The second-order valence-electron chi connectivity index (χ2n) is 16.4. The number of amides is 3. The van der Waals surface area contributed by atoms with Gasteiger partial charge >= 0.3 is 5.97 Å². The van der Waals surface area contributed by atoms with Gasteiger partial charge in [0.05, 0.1) is 30.2 Å². The monoisotopic (exact) mass is 791 g/mol. The molecule has 58 heavy (non-hydrogen) atoms. The minimum atomic E-state index is -1.11. The number of rotatable bonds is 9. The number of pyridine rings is 1. The van der Waals surface area contributed by atoms with E-state index < -0.39 is 41.3 Å². The molecule has 1 fully saturated rings. The summed E-state index contributed by atoms with van der Waals surface area (Å²) in [5, 5.41) is 26.3. The molecule has 1 saturated heterocycles. The molecule has 4 heterocycles. The summed E-state index contributed by atoms with van der Waals surface area (Å²) in [6.45, 7) is 11.0. The number of aryl methyl sites for hydroxylation is 1. The molecule has 14 heteroatoms. The lowest BCUT2D eigenvalue weighted by Crippen LogP contribution is -2.61. The number of nitrogens with one attached hydrogen (secondary N) is 2. The largest absolute Gasteiger partial charge is 0.508 e. The summed E-state index contributed by atoms with van der Waals surface area (Å²) in [4.78, 5) is 59.6. The number of esters is 1. The van der Waals surface area contributed by atoms with E-state index in [0.717, 1.165) is 33.3 Å². The summed E-state index contributed by atoms with van der Waals surface area (Å²) in [5.74, 6) is -1.73. The first-order valence-electron chi connectivity index (χ1n) is 19.8. The van der Waals surface area contributed by atoms with Gasteiger partial charge in [0.1, 0.15) is 29.9 Å². The van der Waals surface area contributed by atoms with Crippen molar-refractivity contribution < 1.29 is 33.8 Å². The Balaban J connectivity index is 1.55. The molecule has 3 amide bonds. The molecule has 2 aliphatic rings. The zero-order chi connectivity index (χ0) is 41.9. The normalized spacial score (nSPS) is 18.9. The average molecular weight is 792 g/mol. The van der Waals surface area contributed by atoms with E-state index in [-0.39, 0.29) is 31.3 Å². The average Bonchev–Trinajstić information content (AvgIpc) is 3.50. The molecule has 3 atom stereocenters. The van der Waals surface area contributed by atoms with Crippen LogP contribution in [0.5, 0.6) is 5.75 Å². The van der Waals surface area contributed by atoms with Crippen LogP contribution in [0.25, 0.3) is 33.3 Å². The number of phenols is 1. The number of likely N-dealkylation sites (N-methyl/N-ethyl adjacent to an activating group) is 1. The van der Waals surface area contributed by atoms with Crippen molar-refractivity contribution in [3.63, 3.8) is 0 Å². The van der Waals surface area contributed by atoms with Crippen LogP contribution in [-0.2, 0) is 54.6 Å². The number of carbonyl (C=O) groups is 4. The van der Waals surface area contributed by atoms with Gasteiger partial charge in [0, 0.05) is 61.7 Å². The third-order valence-corrected chi connectivity index (χ3v) is 11.0. The molecule has 2 aliphatic heterocycles. The quantitative estimate of drug-likeness (QED) is 0.156. The summed E-state index contributed by atoms with van der Waals surface area (Å²) in [7, 11) is 3.13. The number of cyclic esters (lactones) is 1. The van der Waals surface area contributed by atoms with Crippen LogP contribution in [-0.4, -0.2) is 94.2 Å². The number of nitrogens with zero attached hydrogens (tertiary/aromatic N) is 5. The first-order chi connectivity index (χ1) is 27.7. The van der Waals surface area contributed by atoms with E-state index in [9.17, 15) is 29.5 Å². The maximum absolute atomic E-state index is 14.4. The summed E-state index contributed by atoms with van der Waals surface area (Å²) < 4.78 is 13.8. The highest BCUT2D eigenvalue weighted by Crippen LogP contribution is 2.41. The third-order valence-electron chi connectivity index (χ3n) is 11.0. The topological polar surface area (TPSA) is 179 Å². The number of hydrazine groups is 1. The van der Waals surface area contributed by atoms with Crippen molar-refractivity contribution >= 4 is 35.1 Å². The fraction of sp³-hybridized carbons (Fsp3) is 0.455. The molecular weight excluding hydrogens is 739 g/mol. The highest BCUT2D eigenvalue weighted by atomic mass is 16.5. The lowest BCUT2D eigenvalue weighted by atomic mass is 9.84. The van der Waals surface area contributed by atoms with Crippen molar-refractivity contribution in [3.8, 4) is 34.2 Å². The fourth-order valence-corrected chi connectivity index (χ4v) is 8.30. The zero-order valence-corrected chi connectivity index (χ0v) is 34.3. The molecule has 3 N–H and O–H groups in total. The molecule has 2 aromatic carbocycles. The van der Waals surface area contributed by atoms with Gasteiger partial charge in [-0.2, -0.15) is 5.26 Å². The van der Waals surface area contributed by atoms with Crippen molar-refractivity contribution in [2.24, 2.45) is 11.3 Å². The number of phenolic OH excluding ortho intramolecular Hbond substituents is 1. The Hall–Kier alpha value is -5.78. The summed E-state index contributed by atoms with van der Waals surface area (Å²) >= 11 is 0. The number of aromatic hydroxyl groups is 1. The lowest BCUT2D eigenvalue weighted by molar-refractivity contribution is -0.155. The van der Waals surface area contributed by atoms with Crippen molar-refractivity contribution in [2.75, 3.05) is 27.3 Å². The van der Waals surface area contributed by atoms with E-state index in [2.05, 4.69) is 39.4 Å². The third kappa shape index (κ3) is 8.71. The second-order valence-corrected chi connectivity index (χ2v) is 16.4. The molecule has 0 spiro atoms.